The predicted octanol–water partition coefficient (Wildman–Crippen LogP) is 1.25. The van der Waals surface area contributed by atoms with Crippen LogP contribution >= 0.6 is 0 Å². The van der Waals surface area contributed by atoms with E-state index >= 15 is 0 Å². The molecule has 0 aliphatic carbocycles. The van der Waals surface area contributed by atoms with Gasteiger partial charge in [0.2, 0.25) is 0 Å². The zero-order valence-corrected chi connectivity index (χ0v) is 11.7. The molecule has 2 N–H and O–H groups in total. The molecule has 0 radical (unpaired) electrons. The molecule has 5 heteroatoms. The number of sulfone groups is 1. The highest BCUT2D eigenvalue weighted by Crippen LogP contribution is 2.16. The molecule has 0 aromatic heterocycles. The summed E-state index contributed by atoms with van der Waals surface area (Å²) < 4.78 is 27.3. The van der Waals surface area contributed by atoms with Gasteiger partial charge in [0.25, 0.3) is 0 Å². The quantitative estimate of drug-likeness (QED) is 0.810. The standard InChI is InChI=1S/C13H21NO3S/c1-17-13-5-3-11(4-6-13)9-12(10-14)7-8-18(2,15)16/h3-6,12H,7-10,14H2,1-2H3. The van der Waals surface area contributed by atoms with E-state index in [2.05, 4.69) is 0 Å². The lowest BCUT2D eigenvalue weighted by atomic mass is 9.97. The average molecular weight is 271 g/mol. The highest BCUT2D eigenvalue weighted by Gasteiger charge is 2.11. The molecular formula is C13H21NO3S. The molecule has 0 aliphatic heterocycles. The molecule has 4 nitrogen and oxygen atoms in total. The summed E-state index contributed by atoms with van der Waals surface area (Å²) in [5.41, 5.74) is 6.84. The Labute approximate surface area is 109 Å². The first-order valence-corrected chi connectivity index (χ1v) is 8.01. The van der Waals surface area contributed by atoms with E-state index in [0.29, 0.717) is 13.0 Å². The van der Waals surface area contributed by atoms with Crippen LogP contribution in [-0.2, 0) is 16.3 Å². The summed E-state index contributed by atoms with van der Waals surface area (Å²) in [4.78, 5) is 0. The molecule has 1 atom stereocenters. The second-order valence-corrected chi connectivity index (χ2v) is 6.83. The van der Waals surface area contributed by atoms with Gasteiger partial charge in [-0.25, -0.2) is 8.42 Å². The number of nitrogens with two attached hydrogens (primary N) is 1. The van der Waals surface area contributed by atoms with Gasteiger partial charge in [0.05, 0.1) is 12.9 Å². The van der Waals surface area contributed by atoms with Gasteiger partial charge in [-0.15, -0.1) is 0 Å². The fourth-order valence-corrected chi connectivity index (χ4v) is 2.54. The van der Waals surface area contributed by atoms with Gasteiger partial charge in [-0.2, -0.15) is 0 Å². The minimum Gasteiger partial charge on any atom is -0.497 e. The van der Waals surface area contributed by atoms with Gasteiger partial charge in [0, 0.05) is 6.26 Å². The summed E-state index contributed by atoms with van der Waals surface area (Å²) in [6, 6.07) is 7.78. The third-order valence-corrected chi connectivity index (χ3v) is 3.89. The first-order valence-electron chi connectivity index (χ1n) is 5.95. The first-order chi connectivity index (χ1) is 8.44. The highest BCUT2D eigenvalue weighted by molar-refractivity contribution is 7.90. The van der Waals surface area contributed by atoms with Crippen LogP contribution in [0.15, 0.2) is 24.3 Å². The van der Waals surface area contributed by atoms with Crippen LogP contribution in [-0.4, -0.2) is 34.1 Å². The largest absolute Gasteiger partial charge is 0.497 e. The highest BCUT2D eigenvalue weighted by atomic mass is 32.2. The van der Waals surface area contributed by atoms with Crippen LogP contribution in [0.4, 0.5) is 0 Å². The zero-order chi connectivity index (χ0) is 13.6. The van der Waals surface area contributed by atoms with Crippen molar-refractivity contribution >= 4 is 9.84 Å². The van der Waals surface area contributed by atoms with Gasteiger partial charge < -0.3 is 10.5 Å². The molecule has 1 aromatic carbocycles. The molecule has 1 unspecified atom stereocenters. The van der Waals surface area contributed by atoms with Crippen molar-refractivity contribution in [2.45, 2.75) is 12.8 Å². The van der Waals surface area contributed by atoms with Crippen molar-refractivity contribution in [3.63, 3.8) is 0 Å². The van der Waals surface area contributed by atoms with E-state index in [0.717, 1.165) is 17.7 Å². The monoisotopic (exact) mass is 271 g/mol. The smallest absolute Gasteiger partial charge is 0.147 e. The summed E-state index contributed by atoms with van der Waals surface area (Å²) in [6.07, 6.45) is 2.67. The lowest BCUT2D eigenvalue weighted by Crippen LogP contribution is -2.20. The van der Waals surface area contributed by atoms with Crippen LogP contribution in [0, 0.1) is 5.92 Å². The van der Waals surface area contributed by atoms with Crippen LogP contribution in [0.1, 0.15) is 12.0 Å². The third-order valence-electron chi connectivity index (χ3n) is 2.91. The van der Waals surface area contributed by atoms with Crippen molar-refractivity contribution in [3.8, 4) is 5.75 Å². The van der Waals surface area contributed by atoms with Crippen molar-refractivity contribution in [3.05, 3.63) is 29.8 Å². The van der Waals surface area contributed by atoms with Crippen molar-refractivity contribution in [1.82, 2.24) is 0 Å². The molecule has 0 heterocycles. The van der Waals surface area contributed by atoms with E-state index in [9.17, 15) is 8.42 Å². The molecule has 0 fully saturated rings. The molecule has 0 aliphatic rings. The molecule has 0 amide bonds. The predicted molar refractivity (Wildman–Crippen MR) is 73.6 cm³/mol. The van der Waals surface area contributed by atoms with Gasteiger partial charge in [0.15, 0.2) is 0 Å². The number of ether oxygens (including phenoxy) is 1. The summed E-state index contributed by atoms with van der Waals surface area (Å²) in [6.45, 7) is 0.502. The van der Waals surface area contributed by atoms with Gasteiger partial charge >= 0.3 is 0 Å². The number of methoxy groups -OCH3 is 1. The van der Waals surface area contributed by atoms with Gasteiger partial charge in [-0.05, 0) is 43.0 Å². The van der Waals surface area contributed by atoms with E-state index in [-0.39, 0.29) is 11.7 Å². The summed E-state index contributed by atoms with van der Waals surface area (Å²) >= 11 is 0. The Hall–Kier alpha value is -1.07. The molecular weight excluding hydrogens is 250 g/mol. The number of benzene rings is 1. The molecule has 0 spiro atoms. The van der Waals surface area contributed by atoms with E-state index in [1.165, 1.54) is 6.26 Å². The van der Waals surface area contributed by atoms with Crippen LogP contribution in [0.3, 0.4) is 0 Å². The van der Waals surface area contributed by atoms with E-state index in [1.807, 2.05) is 24.3 Å². The van der Waals surface area contributed by atoms with E-state index in [1.54, 1.807) is 7.11 Å². The molecule has 18 heavy (non-hydrogen) atoms. The van der Waals surface area contributed by atoms with Crippen LogP contribution in [0.25, 0.3) is 0 Å². The molecule has 0 saturated heterocycles. The van der Waals surface area contributed by atoms with Gasteiger partial charge in [-0.3, -0.25) is 0 Å². The lowest BCUT2D eigenvalue weighted by molar-refractivity contribution is 0.414. The fraction of sp³-hybridized carbons (Fsp3) is 0.538. The van der Waals surface area contributed by atoms with Crippen molar-refractivity contribution in [1.29, 1.82) is 0 Å². The maximum atomic E-state index is 11.1. The number of hydrogen-bond acceptors (Lipinski definition) is 4. The molecule has 1 aromatic rings. The Bertz CT molecular complexity index is 454. The number of hydrogen-bond donors (Lipinski definition) is 1. The Morgan fingerprint density at radius 3 is 2.33 bits per heavy atom. The molecule has 0 saturated carbocycles. The van der Waals surface area contributed by atoms with Crippen LogP contribution in [0.5, 0.6) is 5.75 Å². The second-order valence-electron chi connectivity index (χ2n) is 4.57. The molecule has 102 valence electrons. The Morgan fingerprint density at radius 1 is 1.28 bits per heavy atom. The number of rotatable bonds is 7. The normalized spacial score (nSPS) is 13.3. The molecule has 0 bridgehead atoms. The summed E-state index contributed by atoms with van der Waals surface area (Å²) in [7, 11) is -1.28. The van der Waals surface area contributed by atoms with Crippen LogP contribution < -0.4 is 10.5 Å². The van der Waals surface area contributed by atoms with E-state index in [4.69, 9.17) is 10.5 Å². The Kier molecular flexibility index (Phi) is 5.62. The van der Waals surface area contributed by atoms with Crippen LogP contribution in [0.2, 0.25) is 0 Å². The zero-order valence-electron chi connectivity index (χ0n) is 10.9. The Morgan fingerprint density at radius 2 is 1.89 bits per heavy atom. The maximum Gasteiger partial charge on any atom is 0.147 e. The fourth-order valence-electron chi connectivity index (χ4n) is 1.78. The Balaban J connectivity index is 2.56. The van der Waals surface area contributed by atoms with Crippen molar-refractivity contribution < 1.29 is 13.2 Å². The average Bonchev–Trinajstić information content (AvgIpc) is 2.34. The first kappa shape index (κ1) is 15.0. The lowest BCUT2D eigenvalue weighted by Gasteiger charge is -2.14. The minimum absolute atomic E-state index is 0.199. The summed E-state index contributed by atoms with van der Waals surface area (Å²) in [5.74, 6) is 1.22. The third kappa shape index (κ3) is 5.51. The SMILES string of the molecule is COc1ccc(CC(CN)CCS(C)(=O)=O)cc1. The van der Waals surface area contributed by atoms with Crippen molar-refractivity contribution in [2.24, 2.45) is 11.7 Å². The van der Waals surface area contributed by atoms with Gasteiger partial charge in [-0.1, -0.05) is 12.1 Å². The molecule has 1 rings (SSSR count). The van der Waals surface area contributed by atoms with Crippen molar-refractivity contribution in [2.75, 3.05) is 25.7 Å². The van der Waals surface area contributed by atoms with E-state index < -0.39 is 9.84 Å². The maximum absolute atomic E-state index is 11.1. The minimum atomic E-state index is -2.91. The van der Waals surface area contributed by atoms with Gasteiger partial charge in [0.1, 0.15) is 15.6 Å². The summed E-state index contributed by atoms with van der Waals surface area (Å²) in [5, 5.41) is 0. The second kappa shape index (κ2) is 6.75. The topological polar surface area (TPSA) is 69.4 Å².